The molecule has 2 nitrogen and oxygen atoms in total. The quantitative estimate of drug-likeness (QED) is 0.438. The number of halogens is 1. The molecule has 0 aliphatic rings. The van der Waals surface area contributed by atoms with Crippen LogP contribution in [0.4, 0.5) is 0 Å². The maximum absolute atomic E-state index is 11.2. The number of hydrogen-bond donors (Lipinski definition) is 1. The first-order chi connectivity index (χ1) is 6.80. The zero-order chi connectivity index (χ0) is 12.1. The summed E-state index contributed by atoms with van der Waals surface area (Å²) in [7, 11) is -1.34. The topological polar surface area (TPSA) is 37.3 Å². The number of unbranched alkanes of at least 4 members (excludes halogenated alkanes) is 1. The molecule has 0 heterocycles. The van der Waals surface area contributed by atoms with Crippen molar-refractivity contribution < 1.29 is 9.90 Å². The first-order valence-corrected chi connectivity index (χ1v) is 10.3. The SMILES string of the molecule is CC(C(CCCCBr)C(=O)O)[Si](C)(C)C. The van der Waals surface area contributed by atoms with Gasteiger partial charge < -0.3 is 5.11 Å². The van der Waals surface area contributed by atoms with Gasteiger partial charge in [0.25, 0.3) is 0 Å². The van der Waals surface area contributed by atoms with Gasteiger partial charge >= 0.3 is 5.97 Å². The van der Waals surface area contributed by atoms with Crippen LogP contribution in [-0.2, 0) is 4.79 Å². The first kappa shape index (κ1) is 15.2. The fourth-order valence-electron chi connectivity index (χ4n) is 1.65. The van der Waals surface area contributed by atoms with Crippen LogP contribution in [0.5, 0.6) is 0 Å². The second-order valence-corrected chi connectivity index (χ2v) is 11.7. The molecule has 0 amide bonds. The standard InChI is InChI=1S/C11H23BrO2Si/c1-9(15(2,3)4)10(11(13)14)7-5-6-8-12/h9-10H,5-8H2,1-4H3,(H,13,14). The van der Waals surface area contributed by atoms with Crippen molar-refractivity contribution in [3.63, 3.8) is 0 Å². The Morgan fingerprint density at radius 1 is 1.33 bits per heavy atom. The average molecular weight is 295 g/mol. The highest BCUT2D eigenvalue weighted by molar-refractivity contribution is 9.09. The van der Waals surface area contributed by atoms with Crippen molar-refractivity contribution >= 4 is 30.0 Å². The van der Waals surface area contributed by atoms with Crippen LogP contribution in [0, 0.1) is 5.92 Å². The molecule has 4 heteroatoms. The van der Waals surface area contributed by atoms with Crippen molar-refractivity contribution in [2.75, 3.05) is 5.33 Å². The second kappa shape index (κ2) is 6.69. The van der Waals surface area contributed by atoms with Crippen LogP contribution in [0.2, 0.25) is 25.2 Å². The normalized spacial score (nSPS) is 16.1. The summed E-state index contributed by atoms with van der Waals surface area (Å²) in [5.41, 5.74) is 0.352. The smallest absolute Gasteiger partial charge is 0.306 e. The molecule has 0 saturated carbocycles. The predicted octanol–water partition coefficient (Wildman–Crippen LogP) is 3.98. The zero-order valence-electron chi connectivity index (χ0n) is 10.2. The van der Waals surface area contributed by atoms with Crippen LogP contribution in [-0.4, -0.2) is 24.5 Å². The van der Waals surface area contributed by atoms with Gasteiger partial charge in [0.05, 0.1) is 5.92 Å². The summed E-state index contributed by atoms with van der Waals surface area (Å²) in [6, 6.07) is 0. The van der Waals surface area contributed by atoms with Gasteiger partial charge in [-0.1, -0.05) is 48.9 Å². The molecule has 15 heavy (non-hydrogen) atoms. The summed E-state index contributed by atoms with van der Waals surface area (Å²) in [5.74, 6) is -0.754. The predicted molar refractivity (Wildman–Crippen MR) is 71.5 cm³/mol. The van der Waals surface area contributed by atoms with E-state index in [4.69, 9.17) is 0 Å². The largest absolute Gasteiger partial charge is 0.481 e. The molecule has 1 N–H and O–H groups in total. The van der Waals surface area contributed by atoms with Gasteiger partial charge in [0.2, 0.25) is 0 Å². The van der Waals surface area contributed by atoms with Crippen molar-refractivity contribution in [3.8, 4) is 0 Å². The molecule has 0 aliphatic carbocycles. The van der Waals surface area contributed by atoms with Crippen molar-refractivity contribution in [3.05, 3.63) is 0 Å². The molecule has 2 unspecified atom stereocenters. The fraction of sp³-hybridized carbons (Fsp3) is 0.909. The Morgan fingerprint density at radius 3 is 2.20 bits per heavy atom. The van der Waals surface area contributed by atoms with Gasteiger partial charge in [0, 0.05) is 13.4 Å². The molecule has 0 bridgehead atoms. The van der Waals surface area contributed by atoms with Crippen LogP contribution >= 0.6 is 15.9 Å². The summed E-state index contributed by atoms with van der Waals surface area (Å²) >= 11 is 3.37. The lowest BCUT2D eigenvalue weighted by Crippen LogP contribution is -2.35. The van der Waals surface area contributed by atoms with Crippen molar-refractivity contribution in [1.29, 1.82) is 0 Å². The van der Waals surface area contributed by atoms with Gasteiger partial charge in [-0.25, -0.2) is 0 Å². The molecule has 0 aromatic carbocycles. The molecule has 90 valence electrons. The van der Waals surface area contributed by atoms with Gasteiger partial charge in [0.15, 0.2) is 0 Å². The van der Waals surface area contributed by atoms with Gasteiger partial charge in [-0.15, -0.1) is 0 Å². The number of hydrogen-bond acceptors (Lipinski definition) is 1. The third-order valence-corrected chi connectivity index (χ3v) is 6.88. The van der Waals surface area contributed by atoms with E-state index in [1.807, 2.05) is 0 Å². The van der Waals surface area contributed by atoms with Gasteiger partial charge in [-0.2, -0.15) is 0 Å². The Bertz CT molecular complexity index is 201. The Balaban J connectivity index is 4.33. The monoisotopic (exact) mass is 294 g/mol. The van der Waals surface area contributed by atoms with Crippen molar-refractivity contribution in [1.82, 2.24) is 0 Å². The van der Waals surface area contributed by atoms with E-state index in [-0.39, 0.29) is 5.92 Å². The van der Waals surface area contributed by atoms with E-state index >= 15 is 0 Å². The molecule has 0 radical (unpaired) electrons. The Hall–Kier alpha value is 0.167. The molecule has 2 atom stereocenters. The highest BCUT2D eigenvalue weighted by Gasteiger charge is 2.33. The Kier molecular flexibility index (Phi) is 6.76. The lowest BCUT2D eigenvalue weighted by Gasteiger charge is -2.30. The highest BCUT2D eigenvalue weighted by atomic mass is 79.9. The van der Waals surface area contributed by atoms with E-state index in [9.17, 15) is 9.90 Å². The molecule has 0 aliphatic heterocycles. The van der Waals surface area contributed by atoms with Crippen molar-refractivity contribution in [2.45, 2.75) is 51.4 Å². The van der Waals surface area contributed by atoms with E-state index in [0.717, 1.165) is 24.6 Å². The summed E-state index contributed by atoms with van der Waals surface area (Å²) in [6.07, 6.45) is 2.91. The molecule has 0 aromatic heterocycles. The maximum atomic E-state index is 11.2. The minimum atomic E-state index is -1.34. The minimum absolute atomic E-state index is 0.143. The van der Waals surface area contributed by atoms with E-state index in [0.29, 0.717) is 5.54 Å². The lowest BCUT2D eigenvalue weighted by atomic mass is 9.99. The number of aliphatic carboxylic acids is 1. The number of alkyl halides is 1. The fourth-order valence-corrected chi connectivity index (χ4v) is 3.56. The van der Waals surface area contributed by atoms with E-state index in [1.165, 1.54) is 0 Å². The third-order valence-electron chi connectivity index (χ3n) is 3.19. The van der Waals surface area contributed by atoms with Crippen molar-refractivity contribution in [2.24, 2.45) is 5.92 Å². The van der Waals surface area contributed by atoms with Gasteiger partial charge in [0.1, 0.15) is 0 Å². The molecule has 0 fully saturated rings. The maximum Gasteiger partial charge on any atom is 0.306 e. The molecule has 0 spiro atoms. The number of rotatable bonds is 7. The number of carboxylic acids is 1. The van der Waals surface area contributed by atoms with E-state index in [2.05, 4.69) is 42.5 Å². The molecular weight excluding hydrogens is 272 g/mol. The summed E-state index contributed by atoms with van der Waals surface area (Å²) in [5, 5.41) is 10.2. The molecule has 0 saturated heterocycles. The molecular formula is C11H23BrO2Si. The molecule has 0 rings (SSSR count). The van der Waals surface area contributed by atoms with E-state index in [1.54, 1.807) is 0 Å². The number of carbonyl (C=O) groups is 1. The summed E-state index contributed by atoms with van der Waals surface area (Å²) in [4.78, 5) is 11.2. The summed E-state index contributed by atoms with van der Waals surface area (Å²) in [6.45, 7) is 8.85. The van der Waals surface area contributed by atoms with Gasteiger partial charge in [-0.3, -0.25) is 4.79 Å². The van der Waals surface area contributed by atoms with Crippen LogP contribution in [0.15, 0.2) is 0 Å². The highest BCUT2D eigenvalue weighted by Crippen LogP contribution is 2.32. The Labute approximate surface area is 103 Å². The Morgan fingerprint density at radius 2 is 1.87 bits per heavy atom. The van der Waals surface area contributed by atoms with Crippen LogP contribution in [0.3, 0.4) is 0 Å². The zero-order valence-corrected chi connectivity index (χ0v) is 12.8. The summed E-state index contributed by atoms with van der Waals surface area (Å²) < 4.78 is 0. The molecule has 0 aromatic rings. The van der Waals surface area contributed by atoms with Crippen LogP contribution in [0.25, 0.3) is 0 Å². The lowest BCUT2D eigenvalue weighted by molar-refractivity contribution is -0.142. The number of carboxylic acid groups (broad SMARTS) is 1. The van der Waals surface area contributed by atoms with Crippen LogP contribution < -0.4 is 0 Å². The second-order valence-electron chi connectivity index (χ2n) is 5.28. The third kappa shape index (κ3) is 5.71. The average Bonchev–Trinajstić information content (AvgIpc) is 2.09. The van der Waals surface area contributed by atoms with E-state index < -0.39 is 14.0 Å². The van der Waals surface area contributed by atoms with Crippen LogP contribution in [0.1, 0.15) is 26.2 Å². The first-order valence-electron chi connectivity index (χ1n) is 5.59. The van der Waals surface area contributed by atoms with Gasteiger partial charge in [-0.05, 0) is 18.4 Å². The minimum Gasteiger partial charge on any atom is -0.481 e.